The molecule has 17 nitrogen and oxygen atoms in total. The van der Waals surface area contributed by atoms with Gasteiger partial charge in [0.1, 0.15) is 42.0 Å². The number of urea groups is 1. The lowest BCUT2D eigenvalue weighted by Crippen LogP contribution is -2.59. The van der Waals surface area contributed by atoms with Crippen molar-refractivity contribution in [2.75, 3.05) is 51.1 Å². The normalized spacial score (nSPS) is 22.3. The molecule has 1 aromatic heterocycles. The zero-order chi connectivity index (χ0) is 55.9. The summed E-state index contributed by atoms with van der Waals surface area (Å²) >= 11 is 0. The molecule has 5 aliphatic rings. The number of rotatable bonds is 12. The van der Waals surface area contributed by atoms with Gasteiger partial charge in [-0.25, -0.2) is 14.4 Å². The number of benzene rings is 7. The number of ether oxygens (including phenoxy) is 4. The van der Waals surface area contributed by atoms with Crippen LogP contribution in [0.15, 0.2) is 176 Å². The standard InChI is InChI=1S/C65H58N8O9/c1-42(45-15-5-2-6-16-45)66-64(78)72-52-29-23-43(14-13-31-71-53-22-12-11-21-51(53)67-68-71)38-50(52)65(63(72)77)56(61(75)70-34-32-69(33-35-70)40-44-24-30-54-55(39-44)81-41-80-54)58-62(76)82-59(47-19-9-4-10-20-47)57(46-17-7-3-8-18-46)73(58)60(65)48-25-27-49(28-26-48)79-37-36-74/h2-12,15-30,38-39,42,56-60,74H,31-37,40-41H2,1H3,(H,66,78). The van der Waals surface area contributed by atoms with E-state index in [0.717, 1.165) is 27.7 Å². The van der Waals surface area contributed by atoms with Gasteiger partial charge in [0.15, 0.2) is 11.5 Å². The van der Waals surface area contributed by atoms with Gasteiger partial charge in [-0.3, -0.25) is 24.2 Å². The van der Waals surface area contributed by atoms with Crippen molar-refractivity contribution < 1.29 is 43.2 Å². The molecular formula is C65H58N8O9. The molecule has 3 saturated heterocycles. The van der Waals surface area contributed by atoms with Crippen LogP contribution in [-0.2, 0) is 37.6 Å². The number of nitrogens with zero attached hydrogens (tertiary/aromatic N) is 7. The second-order valence-corrected chi connectivity index (χ2v) is 21.2. The molecule has 7 unspecified atom stereocenters. The van der Waals surface area contributed by atoms with Crippen molar-refractivity contribution in [1.82, 2.24) is 35.0 Å². The van der Waals surface area contributed by atoms with Gasteiger partial charge in [-0.2, -0.15) is 0 Å². The third-order valence-corrected chi connectivity index (χ3v) is 16.5. The molecule has 0 saturated carbocycles. The van der Waals surface area contributed by atoms with Crippen LogP contribution in [0.4, 0.5) is 10.5 Å². The van der Waals surface area contributed by atoms with Crippen LogP contribution in [0.1, 0.15) is 70.1 Å². The highest BCUT2D eigenvalue weighted by atomic mass is 16.7. The number of cyclic esters (lactones) is 1. The Morgan fingerprint density at radius 1 is 0.768 bits per heavy atom. The number of carbonyl (C=O) groups excluding carboxylic acids is 4. The lowest BCUT2D eigenvalue weighted by atomic mass is 9.64. The van der Waals surface area contributed by atoms with Crippen LogP contribution < -0.4 is 24.4 Å². The molecule has 1 spiro atoms. The average molecular weight is 1100 g/mol. The van der Waals surface area contributed by atoms with Crippen LogP contribution in [0.5, 0.6) is 17.2 Å². The summed E-state index contributed by atoms with van der Waals surface area (Å²) in [5.41, 5.74) is 4.52. The van der Waals surface area contributed by atoms with Gasteiger partial charge >= 0.3 is 12.0 Å². The highest BCUT2D eigenvalue weighted by molar-refractivity contribution is 6.24. The van der Waals surface area contributed by atoms with Gasteiger partial charge in [0.25, 0.3) is 0 Å². The lowest BCUT2D eigenvalue weighted by molar-refractivity contribution is -0.179. The molecule has 3 fully saturated rings. The Morgan fingerprint density at radius 2 is 1.48 bits per heavy atom. The van der Waals surface area contributed by atoms with E-state index in [1.807, 2.05) is 163 Å². The fourth-order valence-corrected chi connectivity index (χ4v) is 12.8. The third kappa shape index (κ3) is 9.24. The summed E-state index contributed by atoms with van der Waals surface area (Å²) in [5, 5.41) is 21.6. The minimum Gasteiger partial charge on any atom is -0.491 e. The molecule has 82 heavy (non-hydrogen) atoms. The van der Waals surface area contributed by atoms with Gasteiger partial charge in [-0.1, -0.05) is 138 Å². The van der Waals surface area contributed by atoms with Crippen LogP contribution >= 0.6 is 0 Å². The predicted molar refractivity (Wildman–Crippen MR) is 303 cm³/mol. The number of piperazine rings is 1. The number of carbonyl (C=O) groups is 4. The summed E-state index contributed by atoms with van der Waals surface area (Å²) in [7, 11) is 0. The Hall–Kier alpha value is -9.34. The van der Waals surface area contributed by atoms with E-state index in [9.17, 15) is 5.11 Å². The third-order valence-electron chi connectivity index (χ3n) is 16.5. The fourth-order valence-electron chi connectivity index (χ4n) is 12.8. The van der Waals surface area contributed by atoms with E-state index in [1.54, 1.807) is 33.8 Å². The zero-order valence-electron chi connectivity index (χ0n) is 44.9. The molecule has 2 N–H and O–H groups in total. The van der Waals surface area contributed by atoms with E-state index in [2.05, 4.69) is 32.4 Å². The number of esters is 1. The molecule has 0 radical (unpaired) electrons. The van der Waals surface area contributed by atoms with Crippen molar-refractivity contribution in [1.29, 1.82) is 0 Å². The quantitative estimate of drug-likeness (QED) is 0.0887. The molecule has 7 atom stereocenters. The largest absolute Gasteiger partial charge is 0.491 e. The van der Waals surface area contributed by atoms with Crippen LogP contribution in [0.2, 0.25) is 0 Å². The van der Waals surface area contributed by atoms with Crippen molar-refractivity contribution in [2.24, 2.45) is 5.92 Å². The Bertz CT molecular complexity index is 3770. The number of aliphatic hydroxyl groups excluding tert-OH is 1. The molecule has 6 heterocycles. The van der Waals surface area contributed by atoms with E-state index in [0.29, 0.717) is 59.1 Å². The van der Waals surface area contributed by atoms with Gasteiger partial charge in [0, 0.05) is 38.3 Å². The van der Waals surface area contributed by atoms with Crippen molar-refractivity contribution in [2.45, 2.75) is 55.7 Å². The maximum atomic E-state index is 17.1. The highest BCUT2D eigenvalue weighted by Crippen LogP contribution is 2.66. The summed E-state index contributed by atoms with van der Waals surface area (Å²) in [5.74, 6) is 5.17. The van der Waals surface area contributed by atoms with Crippen LogP contribution in [0, 0.1) is 17.8 Å². The van der Waals surface area contributed by atoms with Gasteiger partial charge < -0.3 is 34.3 Å². The van der Waals surface area contributed by atoms with Crippen molar-refractivity contribution in [3.8, 4) is 29.1 Å². The van der Waals surface area contributed by atoms with E-state index in [4.69, 9.17) is 18.9 Å². The number of morpholine rings is 1. The zero-order valence-corrected chi connectivity index (χ0v) is 44.9. The van der Waals surface area contributed by atoms with E-state index in [-0.39, 0.29) is 45.3 Å². The van der Waals surface area contributed by atoms with E-state index in [1.165, 1.54) is 4.90 Å². The monoisotopic (exact) mass is 1090 g/mol. The lowest BCUT2D eigenvalue weighted by Gasteiger charge is -2.46. The van der Waals surface area contributed by atoms with Crippen molar-refractivity contribution >= 4 is 40.5 Å². The number of anilines is 1. The molecule has 5 aliphatic heterocycles. The van der Waals surface area contributed by atoms with E-state index < -0.39 is 65.4 Å². The minimum atomic E-state index is -2.01. The topological polar surface area (TPSA) is 181 Å². The molecule has 17 heteroatoms. The molecule has 412 valence electrons. The summed E-state index contributed by atoms with van der Waals surface area (Å²) < 4.78 is 25.7. The molecule has 0 bridgehead atoms. The maximum Gasteiger partial charge on any atom is 0.329 e. The Balaban J connectivity index is 1.00. The van der Waals surface area contributed by atoms with Gasteiger partial charge in [0.05, 0.1) is 41.9 Å². The van der Waals surface area contributed by atoms with E-state index >= 15 is 19.2 Å². The Morgan fingerprint density at radius 3 is 2.23 bits per heavy atom. The van der Waals surface area contributed by atoms with Crippen LogP contribution in [0.3, 0.4) is 0 Å². The number of aliphatic hydroxyl groups is 1. The first-order valence-corrected chi connectivity index (χ1v) is 27.6. The van der Waals surface area contributed by atoms with Crippen LogP contribution in [-0.4, -0.2) is 111 Å². The summed E-state index contributed by atoms with van der Waals surface area (Å²) in [6.45, 7) is 4.12. The van der Waals surface area contributed by atoms with Gasteiger partial charge in [-0.05, 0) is 94.9 Å². The summed E-state index contributed by atoms with van der Waals surface area (Å²) in [6.07, 6.45) is -0.917. The number of amides is 4. The molecular weight excluding hydrogens is 1040 g/mol. The summed E-state index contributed by atoms with van der Waals surface area (Å²) in [4.78, 5) is 72.3. The summed E-state index contributed by atoms with van der Waals surface area (Å²) in [6, 6.07) is 50.2. The number of nitrogens with one attached hydrogen (secondary N) is 1. The number of para-hydroxylation sites is 1. The van der Waals surface area contributed by atoms with Gasteiger partial charge in [-0.15, -0.1) is 5.10 Å². The molecule has 0 aliphatic carbocycles. The first-order chi connectivity index (χ1) is 40.2. The average Bonchev–Trinajstić information content (AvgIpc) is 1.57. The SMILES string of the molecule is CC(NC(=O)N1C(=O)C2(c3cc(C#CCn4nnc5ccccc54)ccc31)C(C(=O)N1CCN(Cc3ccc4c(c3)OCO4)CC1)C1C(=O)OC(c3ccccc3)C(c3ccccc3)N1C2c1ccc(OCCO)cc1)c1ccccc1. The highest BCUT2D eigenvalue weighted by Gasteiger charge is 2.76. The number of fused-ring (bicyclic) bond motifs is 5. The first kappa shape index (κ1) is 52.1. The maximum absolute atomic E-state index is 17.1. The number of hydrogen-bond acceptors (Lipinski definition) is 13. The number of aromatic nitrogens is 3. The predicted octanol–water partition coefficient (Wildman–Crippen LogP) is 8.06. The molecule has 8 aromatic rings. The smallest absolute Gasteiger partial charge is 0.329 e. The molecule has 7 aromatic carbocycles. The first-order valence-electron chi connectivity index (χ1n) is 27.6. The van der Waals surface area contributed by atoms with Crippen LogP contribution in [0.25, 0.3) is 11.0 Å². The number of hydrogen-bond donors (Lipinski definition) is 2. The second kappa shape index (κ2) is 22.0. The Kier molecular flexibility index (Phi) is 13.9. The molecule has 4 amide bonds. The fraction of sp³-hybridized carbons (Fsp3) is 0.262. The Labute approximate surface area is 473 Å². The number of imide groups is 1. The van der Waals surface area contributed by atoms with Crippen molar-refractivity contribution in [3.63, 3.8) is 0 Å². The second-order valence-electron chi connectivity index (χ2n) is 21.2. The molecule has 13 rings (SSSR count). The van der Waals surface area contributed by atoms with Crippen molar-refractivity contribution in [3.05, 3.63) is 215 Å². The van der Waals surface area contributed by atoms with Gasteiger partial charge in [0.2, 0.25) is 18.6 Å². The minimum absolute atomic E-state index is 0.0381.